The van der Waals surface area contributed by atoms with Crippen LogP contribution in [0.25, 0.3) is 0 Å². The van der Waals surface area contributed by atoms with Gasteiger partial charge < -0.3 is 20.4 Å². The SMILES string of the molecule is CC(c1cc(O)c(O)c(C(C)(C)C)c1)c1cc(O)c(O)c(C(C)(C)C)c1. The van der Waals surface area contributed by atoms with Gasteiger partial charge in [0.2, 0.25) is 0 Å². The highest BCUT2D eigenvalue weighted by Gasteiger charge is 2.26. The summed E-state index contributed by atoms with van der Waals surface area (Å²) >= 11 is 0. The lowest BCUT2D eigenvalue weighted by molar-refractivity contribution is 0.387. The van der Waals surface area contributed by atoms with Crippen LogP contribution in [-0.2, 0) is 10.8 Å². The fraction of sp³-hybridized carbons (Fsp3) is 0.455. The summed E-state index contributed by atoms with van der Waals surface area (Å²) in [6, 6.07) is 6.88. The molecule has 0 bridgehead atoms. The van der Waals surface area contributed by atoms with E-state index in [0.29, 0.717) is 11.1 Å². The molecule has 0 aromatic heterocycles. The van der Waals surface area contributed by atoms with E-state index in [0.717, 1.165) is 11.1 Å². The Kier molecular flexibility index (Phi) is 4.93. The fourth-order valence-corrected chi connectivity index (χ4v) is 3.12. The summed E-state index contributed by atoms with van der Waals surface area (Å²) in [6.45, 7) is 13.8. The smallest absolute Gasteiger partial charge is 0.161 e. The van der Waals surface area contributed by atoms with E-state index in [9.17, 15) is 20.4 Å². The molecule has 2 aromatic rings. The molecule has 142 valence electrons. The van der Waals surface area contributed by atoms with Gasteiger partial charge in [-0.15, -0.1) is 0 Å². The minimum absolute atomic E-state index is 0.0996. The van der Waals surface area contributed by atoms with Crippen LogP contribution >= 0.6 is 0 Å². The third kappa shape index (κ3) is 3.74. The molecule has 0 radical (unpaired) electrons. The van der Waals surface area contributed by atoms with Crippen molar-refractivity contribution in [1.82, 2.24) is 0 Å². The number of aromatic hydroxyl groups is 4. The predicted octanol–water partition coefficient (Wildman–Crippen LogP) is 5.26. The van der Waals surface area contributed by atoms with E-state index in [1.54, 1.807) is 12.1 Å². The first kappa shape index (κ1) is 20.0. The first-order chi connectivity index (χ1) is 11.7. The molecule has 4 N–H and O–H groups in total. The van der Waals surface area contributed by atoms with E-state index in [1.165, 1.54) is 0 Å². The Morgan fingerprint density at radius 2 is 0.923 bits per heavy atom. The Labute approximate surface area is 155 Å². The Bertz CT molecular complexity index is 754. The molecule has 0 amide bonds. The summed E-state index contributed by atoms with van der Waals surface area (Å²) in [5.74, 6) is -0.651. The molecule has 0 aliphatic carbocycles. The molecule has 0 saturated carbocycles. The zero-order valence-corrected chi connectivity index (χ0v) is 16.7. The van der Waals surface area contributed by atoms with Crippen molar-refractivity contribution in [2.24, 2.45) is 0 Å². The lowest BCUT2D eigenvalue weighted by Crippen LogP contribution is -2.14. The van der Waals surface area contributed by atoms with Crippen molar-refractivity contribution in [3.05, 3.63) is 46.5 Å². The van der Waals surface area contributed by atoms with Gasteiger partial charge in [-0.3, -0.25) is 0 Å². The van der Waals surface area contributed by atoms with Crippen LogP contribution in [0.3, 0.4) is 0 Å². The molecule has 0 fully saturated rings. The van der Waals surface area contributed by atoms with Gasteiger partial charge in [0.1, 0.15) is 0 Å². The van der Waals surface area contributed by atoms with Crippen LogP contribution in [0.4, 0.5) is 0 Å². The number of hydrogen-bond acceptors (Lipinski definition) is 4. The Balaban J connectivity index is 2.62. The van der Waals surface area contributed by atoms with Crippen LogP contribution in [0.5, 0.6) is 23.0 Å². The maximum atomic E-state index is 10.2. The third-order valence-electron chi connectivity index (χ3n) is 4.84. The van der Waals surface area contributed by atoms with E-state index in [2.05, 4.69) is 0 Å². The van der Waals surface area contributed by atoms with Gasteiger partial charge in [-0.25, -0.2) is 0 Å². The highest BCUT2D eigenvalue weighted by molar-refractivity contribution is 5.55. The standard InChI is InChI=1S/C22H30O4/c1-12(13-8-15(21(2,3)4)19(25)17(23)10-13)14-9-16(22(5,6)7)20(26)18(24)11-14/h8-12,23-26H,1-7H3. The largest absolute Gasteiger partial charge is 0.504 e. The van der Waals surface area contributed by atoms with Crippen molar-refractivity contribution in [3.8, 4) is 23.0 Å². The molecule has 4 nitrogen and oxygen atoms in total. The van der Waals surface area contributed by atoms with Crippen molar-refractivity contribution >= 4 is 0 Å². The third-order valence-corrected chi connectivity index (χ3v) is 4.84. The van der Waals surface area contributed by atoms with E-state index < -0.39 is 0 Å². The number of rotatable bonds is 2. The predicted molar refractivity (Wildman–Crippen MR) is 104 cm³/mol. The second-order valence-electron chi connectivity index (χ2n) is 9.09. The molecule has 0 aliphatic rings. The van der Waals surface area contributed by atoms with Crippen LogP contribution in [0.2, 0.25) is 0 Å². The number of hydrogen-bond donors (Lipinski definition) is 4. The van der Waals surface area contributed by atoms with Crippen molar-refractivity contribution in [3.63, 3.8) is 0 Å². The summed E-state index contributed by atoms with van der Waals surface area (Å²) in [5, 5.41) is 40.8. The number of phenolic OH excluding ortho intramolecular Hbond substituents is 4. The Morgan fingerprint density at radius 1 is 0.615 bits per heavy atom. The molecular weight excluding hydrogens is 328 g/mol. The van der Waals surface area contributed by atoms with E-state index in [-0.39, 0.29) is 39.7 Å². The van der Waals surface area contributed by atoms with Crippen LogP contribution in [0.15, 0.2) is 24.3 Å². The van der Waals surface area contributed by atoms with E-state index in [4.69, 9.17) is 0 Å². The normalized spacial score (nSPS) is 12.6. The minimum Gasteiger partial charge on any atom is -0.504 e. The van der Waals surface area contributed by atoms with Gasteiger partial charge >= 0.3 is 0 Å². The van der Waals surface area contributed by atoms with Gasteiger partial charge in [0.15, 0.2) is 23.0 Å². The Morgan fingerprint density at radius 3 is 1.19 bits per heavy atom. The fourth-order valence-electron chi connectivity index (χ4n) is 3.12. The molecule has 0 atom stereocenters. The summed E-state index contributed by atoms with van der Waals surface area (Å²) in [6.07, 6.45) is 0. The maximum Gasteiger partial charge on any atom is 0.161 e. The maximum absolute atomic E-state index is 10.2. The first-order valence-electron chi connectivity index (χ1n) is 8.86. The van der Waals surface area contributed by atoms with E-state index >= 15 is 0 Å². The molecule has 26 heavy (non-hydrogen) atoms. The molecule has 4 heteroatoms. The molecule has 0 saturated heterocycles. The monoisotopic (exact) mass is 358 g/mol. The van der Waals surface area contributed by atoms with Gasteiger partial charge in [0.05, 0.1) is 0 Å². The number of benzene rings is 2. The van der Waals surface area contributed by atoms with Crippen LogP contribution in [-0.4, -0.2) is 20.4 Å². The highest BCUT2D eigenvalue weighted by Crippen LogP contribution is 2.43. The number of phenols is 4. The summed E-state index contributed by atoms with van der Waals surface area (Å²) in [5.41, 5.74) is 2.33. The van der Waals surface area contributed by atoms with Gasteiger partial charge in [0, 0.05) is 17.0 Å². The van der Waals surface area contributed by atoms with Crippen molar-refractivity contribution in [2.45, 2.75) is 65.2 Å². The molecule has 2 rings (SSSR count). The van der Waals surface area contributed by atoms with Crippen LogP contribution in [0, 0.1) is 0 Å². The van der Waals surface area contributed by atoms with E-state index in [1.807, 2.05) is 60.6 Å². The topological polar surface area (TPSA) is 80.9 Å². The van der Waals surface area contributed by atoms with Crippen LogP contribution < -0.4 is 0 Å². The molecule has 0 heterocycles. The van der Waals surface area contributed by atoms with Crippen molar-refractivity contribution < 1.29 is 20.4 Å². The van der Waals surface area contributed by atoms with Crippen molar-refractivity contribution in [2.75, 3.05) is 0 Å². The molecule has 2 aromatic carbocycles. The zero-order chi connectivity index (χ0) is 20.0. The average molecular weight is 358 g/mol. The second kappa shape index (κ2) is 6.42. The van der Waals surface area contributed by atoms with Gasteiger partial charge in [-0.05, 0) is 34.1 Å². The average Bonchev–Trinajstić information content (AvgIpc) is 2.49. The molecule has 0 aliphatic heterocycles. The minimum atomic E-state index is -0.328. The lowest BCUT2D eigenvalue weighted by atomic mass is 9.80. The quantitative estimate of drug-likeness (QED) is 0.552. The molecular formula is C22H30O4. The highest BCUT2D eigenvalue weighted by atomic mass is 16.3. The lowest BCUT2D eigenvalue weighted by Gasteiger charge is -2.25. The van der Waals surface area contributed by atoms with Gasteiger partial charge in [0.25, 0.3) is 0 Å². The summed E-state index contributed by atoms with van der Waals surface area (Å²) < 4.78 is 0. The molecule has 0 unspecified atom stereocenters. The van der Waals surface area contributed by atoms with Gasteiger partial charge in [-0.2, -0.15) is 0 Å². The summed E-state index contributed by atoms with van der Waals surface area (Å²) in [4.78, 5) is 0. The first-order valence-corrected chi connectivity index (χ1v) is 8.86. The summed E-state index contributed by atoms with van der Waals surface area (Å²) in [7, 11) is 0. The van der Waals surface area contributed by atoms with Crippen molar-refractivity contribution in [1.29, 1.82) is 0 Å². The Hall–Kier alpha value is -2.36. The van der Waals surface area contributed by atoms with Crippen LogP contribution in [0.1, 0.15) is 76.6 Å². The second-order valence-corrected chi connectivity index (χ2v) is 9.09. The van der Waals surface area contributed by atoms with Gasteiger partial charge in [-0.1, -0.05) is 60.6 Å². The zero-order valence-electron chi connectivity index (χ0n) is 16.7. The molecule has 0 spiro atoms.